The number of hydrogen-bond acceptors (Lipinski definition) is 3. The lowest BCUT2D eigenvalue weighted by Crippen LogP contribution is -2.02. The molecular weight excluding hydrogens is 301 g/mol. The summed E-state index contributed by atoms with van der Waals surface area (Å²) in [5, 5.41) is 0. The normalized spacial score (nSPS) is 10.4. The minimum absolute atomic E-state index is 0.310. The van der Waals surface area contributed by atoms with E-state index in [-0.39, 0.29) is 5.82 Å². The molecular formula is C20H16FN3. The second-order valence-electron chi connectivity index (χ2n) is 5.23. The van der Waals surface area contributed by atoms with E-state index in [1.807, 2.05) is 30.3 Å². The molecule has 0 atom stereocenters. The van der Waals surface area contributed by atoms with Gasteiger partial charge in [-0.05, 0) is 25.1 Å². The van der Waals surface area contributed by atoms with E-state index in [9.17, 15) is 4.39 Å². The molecule has 0 aliphatic carbocycles. The minimum Gasteiger partial charge on any atom is -0.247 e. The van der Waals surface area contributed by atoms with E-state index in [0.29, 0.717) is 22.9 Å². The zero-order valence-electron chi connectivity index (χ0n) is 13.3. The minimum atomic E-state index is -0.353. The summed E-state index contributed by atoms with van der Waals surface area (Å²) in [5.74, 6) is 0.0751. The van der Waals surface area contributed by atoms with Gasteiger partial charge in [0.1, 0.15) is 11.5 Å². The molecule has 3 rings (SSSR count). The maximum Gasteiger partial charge on any atom is 0.179 e. The number of benzene rings is 1. The van der Waals surface area contributed by atoms with Gasteiger partial charge in [0.05, 0.1) is 17.1 Å². The Morgan fingerprint density at radius 2 is 1.67 bits per heavy atom. The number of aryl methyl sites for hydroxylation is 1. The molecule has 0 amide bonds. The molecule has 1 aromatic carbocycles. The van der Waals surface area contributed by atoms with Gasteiger partial charge in [0.15, 0.2) is 5.82 Å². The Hall–Kier alpha value is -3.14. The van der Waals surface area contributed by atoms with Crippen molar-refractivity contribution in [2.45, 2.75) is 6.92 Å². The van der Waals surface area contributed by atoms with Crippen molar-refractivity contribution in [2.75, 3.05) is 0 Å². The lowest BCUT2D eigenvalue weighted by atomic mass is 10.0. The van der Waals surface area contributed by atoms with Gasteiger partial charge in [-0.15, -0.1) is 0 Å². The molecule has 0 aliphatic heterocycles. The van der Waals surface area contributed by atoms with Crippen molar-refractivity contribution in [1.29, 1.82) is 0 Å². The fraction of sp³-hybridized carbons (Fsp3) is 0.0500. The third kappa shape index (κ3) is 2.86. The fourth-order valence-corrected chi connectivity index (χ4v) is 2.44. The van der Waals surface area contributed by atoms with E-state index in [4.69, 9.17) is 0 Å². The van der Waals surface area contributed by atoms with Gasteiger partial charge >= 0.3 is 0 Å². The smallest absolute Gasteiger partial charge is 0.179 e. The summed E-state index contributed by atoms with van der Waals surface area (Å²) in [4.78, 5) is 13.4. The van der Waals surface area contributed by atoms with E-state index in [1.54, 1.807) is 25.1 Å². The zero-order chi connectivity index (χ0) is 17.1. The van der Waals surface area contributed by atoms with Gasteiger partial charge in [0, 0.05) is 11.1 Å². The number of hydrogen-bond donors (Lipinski definition) is 0. The molecule has 0 fully saturated rings. The summed E-state index contributed by atoms with van der Waals surface area (Å²) in [6.45, 7) is 9.30. The molecule has 0 spiro atoms. The van der Waals surface area contributed by atoms with Crippen molar-refractivity contribution in [3.63, 3.8) is 0 Å². The maximum absolute atomic E-state index is 13.5. The molecule has 4 heteroatoms. The first kappa shape index (κ1) is 15.7. The third-order valence-corrected chi connectivity index (χ3v) is 3.67. The van der Waals surface area contributed by atoms with Crippen molar-refractivity contribution in [2.24, 2.45) is 0 Å². The van der Waals surface area contributed by atoms with Crippen LogP contribution in [0.1, 0.15) is 17.0 Å². The molecule has 0 bridgehead atoms. The van der Waals surface area contributed by atoms with E-state index >= 15 is 0 Å². The molecule has 0 radical (unpaired) electrons. The van der Waals surface area contributed by atoms with Gasteiger partial charge < -0.3 is 0 Å². The van der Waals surface area contributed by atoms with Gasteiger partial charge in [0.25, 0.3) is 0 Å². The van der Waals surface area contributed by atoms with Crippen molar-refractivity contribution in [3.05, 3.63) is 78.4 Å². The second kappa shape index (κ2) is 6.54. The molecule has 2 aromatic heterocycles. The second-order valence-corrected chi connectivity index (χ2v) is 5.23. The predicted molar refractivity (Wildman–Crippen MR) is 95.6 cm³/mol. The van der Waals surface area contributed by atoms with Gasteiger partial charge in [-0.1, -0.05) is 49.6 Å². The van der Waals surface area contributed by atoms with E-state index in [1.165, 1.54) is 6.07 Å². The van der Waals surface area contributed by atoms with Crippen LogP contribution in [0.5, 0.6) is 0 Å². The molecule has 0 aliphatic rings. The van der Waals surface area contributed by atoms with Crippen LogP contribution in [0.4, 0.5) is 4.39 Å². The number of rotatable bonds is 4. The van der Waals surface area contributed by atoms with E-state index in [2.05, 4.69) is 28.1 Å². The first-order chi connectivity index (χ1) is 11.6. The van der Waals surface area contributed by atoms with Gasteiger partial charge in [0.2, 0.25) is 0 Å². The highest BCUT2D eigenvalue weighted by Gasteiger charge is 2.14. The zero-order valence-corrected chi connectivity index (χ0v) is 13.3. The van der Waals surface area contributed by atoms with Gasteiger partial charge in [-0.3, -0.25) is 0 Å². The van der Waals surface area contributed by atoms with E-state index in [0.717, 1.165) is 16.8 Å². The highest BCUT2D eigenvalue weighted by molar-refractivity contribution is 5.78. The monoisotopic (exact) mass is 317 g/mol. The Morgan fingerprint density at radius 1 is 0.917 bits per heavy atom. The van der Waals surface area contributed by atoms with Crippen LogP contribution in [-0.4, -0.2) is 15.0 Å². The van der Waals surface area contributed by atoms with E-state index < -0.39 is 0 Å². The van der Waals surface area contributed by atoms with Crippen LogP contribution in [0.3, 0.4) is 0 Å². The van der Waals surface area contributed by atoms with Crippen LogP contribution in [0.2, 0.25) is 0 Å². The summed E-state index contributed by atoms with van der Waals surface area (Å²) >= 11 is 0. The standard InChI is InChI=1S/C20H16FN3/c1-4-15-17(5-2)23-20(18-12-11-16(21)13(3)22-18)24-19(15)14-9-7-6-8-10-14/h4-12H,1-2H2,3H3. The summed E-state index contributed by atoms with van der Waals surface area (Å²) in [6.07, 6.45) is 3.37. The number of aromatic nitrogens is 3. The highest BCUT2D eigenvalue weighted by Crippen LogP contribution is 2.28. The van der Waals surface area contributed by atoms with Crippen LogP contribution >= 0.6 is 0 Å². The summed E-state index contributed by atoms with van der Waals surface area (Å²) in [6, 6.07) is 12.7. The largest absolute Gasteiger partial charge is 0.247 e. The molecule has 2 heterocycles. The molecule has 3 aromatic rings. The third-order valence-electron chi connectivity index (χ3n) is 3.67. The Kier molecular flexibility index (Phi) is 4.29. The lowest BCUT2D eigenvalue weighted by Gasteiger charge is -2.11. The van der Waals surface area contributed by atoms with Gasteiger partial charge in [-0.25, -0.2) is 19.3 Å². The summed E-state index contributed by atoms with van der Waals surface area (Å²) < 4.78 is 13.5. The van der Waals surface area contributed by atoms with Crippen molar-refractivity contribution >= 4 is 12.2 Å². The predicted octanol–water partition coefficient (Wildman–Crippen LogP) is 4.94. The van der Waals surface area contributed by atoms with Crippen LogP contribution in [0, 0.1) is 12.7 Å². The molecule has 0 unspecified atom stereocenters. The molecule has 3 nitrogen and oxygen atoms in total. The average molecular weight is 317 g/mol. The molecule has 24 heavy (non-hydrogen) atoms. The number of nitrogens with zero attached hydrogens (tertiary/aromatic N) is 3. The SMILES string of the molecule is C=Cc1nc(-c2ccc(F)c(C)n2)nc(-c2ccccc2)c1C=C. The topological polar surface area (TPSA) is 38.7 Å². The maximum atomic E-state index is 13.5. The quantitative estimate of drug-likeness (QED) is 0.684. The Morgan fingerprint density at radius 3 is 2.29 bits per heavy atom. The van der Waals surface area contributed by atoms with Crippen LogP contribution in [0.15, 0.2) is 55.6 Å². The Labute approximate surface area is 140 Å². The van der Waals surface area contributed by atoms with Crippen molar-refractivity contribution in [3.8, 4) is 22.8 Å². The number of halogens is 1. The van der Waals surface area contributed by atoms with Crippen LogP contribution in [0.25, 0.3) is 34.9 Å². The first-order valence-corrected chi connectivity index (χ1v) is 7.50. The fourth-order valence-electron chi connectivity index (χ4n) is 2.44. The number of pyridine rings is 1. The highest BCUT2D eigenvalue weighted by atomic mass is 19.1. The lowest BCUT2D eigenvalue weighted by molar-refractivity contribution is 0.610. The first-order valence-electron chi connectivity index (χ1n) is 7.50. The molecule has 0 saturated heterocycles. The summed E-state index contributed by atoms with van der Waals surface area (Å²) in [5.41, 5.74) is 3.98. The van der Waals surface area contributed by atoms with Crippen molar-refractivity contribution < 1.29 is 4.39 Å². The molecule has 118 valence electrons. The average Bonchev–Trinajstić information content (AvgIpc) is 2.63. The molecule has 0 N–H and O–H groups in total. The van der Waals surface area contributed by atoms with Crippen molar-refractivity contribution in [1.82, 2.24) is 15.0 Å². The van der Waals surface area contributed by atoms with Crippen LogP contribution < -0.4 is 0 Å². The van der Waals surface area contributed by atoms with Gasteiger partial charge in [-0.2, -0.15) is 0 Å². The molecule has 0 saturated carbocycles. The van der Waals surface area contributed by atoms with Crippen LogP contribution in [-0.2, 0) is 0 Å². The Bertz CT molecular complexity index is 918. The Balaban J connectivity index is 2.27. The summed E-state index contributed by atoms with van der Waals surface area (Å²) in [7, 11) is 0.